The lowest BCUT2D eigenvalue weighted by Crippen LogP contribution is -2.15. The van der Waals surface area contributed by atoms with Crippen molar-refractivity contribution in [1.82, 2.24) is 0 Å². The Bertz CT molecular complexity index is 847. The summed E-state index contributed by atoms with van der Waals surface area (Å²) in [7, 11) is 0. The molecule has 0 saturated heterocycles. The molecule has 1 aliphatic heterocycles. The Labute approximate surface area is 131 Å². The van der Waals surface area contributed by atoms with Gasteiger partial charge in [0.1, 0.15) is 30.3 Å². The zero-order chi connectivity index (χ0) is 16.4. The van der Waals surface area contributed by atoms with Gasteiger partial charge in [-0.05, 0) is 30.7 Å². The van der Waals surface area contributed by atoms with Crippen molar-refractivity contribution in [3.63, 3.8) is 0 Å². The molecule has 0 unspecified atom stereocenters. The lowest BCUT2D eigenvalue weighted by Gasteiger charge is -2.18. The number of allylic oxidation sites excluding steroid dienone is 1. The van der Waals surface area contributed by atoms with Crippen LogP contribution in [0.25, 0.3) is 6.08 Å². The van der Waals surface area contributed by atoms with Gasteiger partial charge in [0.15, 0.2) is 17.3 Å². The van der Waals surface area contributed by atoms with Gasteiger partial charge in [-0.2, -0.15) is 0 Å². The third-order valence-electron chi connectivity index (χ3n) is 3.29. The summed E-state index contributed by atoms with van der Waals surface area (Å²) < 4.78 is 15.7. The molecule has 0 saturated carbocycles. The molecule has 1 aromatic heterocycles. The summed E-state index contributed by atoms with van der Waals surface area (Å²) >= 11 is 0. The Hall–Kier alpha value is -3.02. The van der Waals surface area contributed by atoms with Gasteiger partial charge >= 0.3 is 5.63 Å². The molecule has 0 amide bonds. The van der Waals surface area contributed by atoms with Gasteiger partial charge in [0.2, 0.25) is 0 Å². The van der Waals surface area contributed by atoms with Gasteiger partial charge < -0.3 is 19.0 Å². The fourth-order valence-electron chi connectivity index (χ4n) is 2.24. The highest BCUT2D eigenvalue weighted by atomic mass is 16.6. The maximum Gasteiger partial charge on any atom is 0.351 e. The maximum absolute atomic E-state index is 12.1. The molecule has 0 radical (unpaired) electrons. The number of ketones is 1. The molecular weight excluding hydrogens is 300 g/mol. The second-order valence-electron chi connectivity index (χ2n) is 5.01. The third-order valence-corrected chi connectivity index (χ3v) is 3.29. The fourth-order valence-corrected chi connectivity index (χ4v) is 2.24. The largest absolute Gasteiger partial charge is 0.507 e. The molecule has 0 spiro atoms. The van der Waals surface area contributed by atoms with Crippen molar-refractivity contribution in [3.8, 4) is 17.2 Å². The molecule has 23 heavy (non-hydrogen) atoms. The van der Waals surface area contributed by atoms with Crippen LogP contribution in [0, 0.1) is 6.92 Å². The van der Waals surface area contributed by atoms with E-state index in [1.807, 2.05) is 0 Å². The summed E-state index contributed by atoms with van der Waals surface area (Å²) in [6, 6.07) is 6.47. The molecule has 0 bridgehead atoms. The van der Waals surface area contributed by atoms with Gasteiger partial charge in [0, 0.05) is 6.07 Å². The van der Waals surface area contributed by atoms with E-state index in [2.05, 4.69) is 0 Å². The SMILES string of the molecule is Cc1cc(O)c(C(=O)/C=C/c2ccc3c(c2)OCCO3)c(=O)o1. The smallest absolute Gasteiger partial charge is 0.351 e. The fraction of sp³-hybridized carbons (Fsp3) is 0.176. The molecule has 2 aromatic rings. The Kier molecular flexibility index (Phi) is 3.89. The van der Waals surface area contributed by atoms with Crippen LogP contribution in [0.3, 0.4) is 0 Å². The van der Waals surface area contributed by atoms with Crippen molar-refractivity contribution >= 4 is 11.9 Å². The highest BCUT2D eigenvalue weighted by molar-refractivity contribution is 6.08. The van der Waals surface area contributed by atoms with Crippen LogP contribution in [-0.2, 0) is 0 Å². The molecule has 6 nitrogen and oxygen atoms in total. The quantitative estimate of drug-likeness (QED) is 0.691. The van der Waals surface area contributed by atoms with Gasteiger partial charge in [-0.15, -0.1) is 0 Å². The van der Waals surface area contributed by atoms with Crippen molar-refractivity contribution in [3.05, 3.63) is 57.6 Å². The zero-order valence-electron chi connectivity index (χ0n) is 12.4. The number of ether oxygens (including phenoxy) is 2. The third kappa shape index (κ3) is 3.11. The van der Waals surface area contributed by atoms with Gasteiger partial charge in [-0.1, -0.05) is 12.1 Å². The van der Waals surface area contributed by atoms with Crippen molar-refractivity contribution in [1.29, 1.82) is 0 Å². The summed E-state index contributed by atoms with van der Waals surface area (Å²) in [5.74, 6) is 0.460. The minimum absolute atomic E-state index is 0.236. The number of aromatic hydroxyl groups is 1. The van der Waals surface area contributed by atoms with Gasteiger partial charge in [0.05, 0.1) is 0 Å². The lowest BCUT2D eigenvalue weighted by molar-refractivity contribution is 0.104. The number of hydrogen-bond donors (Lipinski definition) is 1. The Morgan fingerprint density at radius 3 is 2.65 bits per heavy atom. The van der Waals surface area contributed by atoms with Gasteiger partial charge in [-0.25, -0.2) is 4.79 Å². The van der Waals surface area contributed by atoms with E-state index in [-0.39, 0.29) is 11.3 Å². The average molecular weight is 314 g/mol. The summed E-state index contributed by atoms with van der Waals surface area (Å²) in [5, 5.41) is 9.75. The van der Waals surface area contributed by atoms with Crippen molar-refractivity contribution < 1.29 is 23.8 Å². The van der Waals surface area contributed by atoms with E-state index in [9.17, 15) is 14.7 Å². The standard InChI is InChI=1S/C17H14O6/c1-10-8-13(19)16(17(20)23-10)12(18)4-2-11-3-5-14-15(9-11)22-7-6-21-14/h2-5,8-9,19H,6-7H2,1H3/b4-2+. The van der Waals surface area contributed by atoms with E-state index in [0.717, 1.165) is 0 Å². The van der Waals surface area contributed by atoms with E-state index >= 15 is 0 Å². The first-order valence-electron chi connectivity index (χ1n) is 7.00. The first kappa shape index (κ1) is 14.9. The topological polar surface area (TPSA) is 86.0 Å². The van der Waals surface area contributed by atoms with E-state index in [0.29, 0.717) is 30.3 Å². The highest BCUT2D eigenvalue weighted by Crippen LogP contribution is 2.31. The molecule has 1 aromatic carbocycles. The van der Waals surface area contributed by atoms with Gasteiger partial charge in [0.25, 0.3) is 0 Å². The molecule has 0 fully saturated rings. The number of benzene rings is 1. The number of fused-ring (bicyclic) bond motifs is 1. The number of aryl methyl sites for hydroxylation is 1. The van der Waals surface area contributed by atoms with Crippen LogP contribution >= 0.6 is 0 Å². The summed E-state index contributed by atoms with van der Waals surface area (Å²) in [4.78, 5) is 23.8. The van der Waals surface area contributed by atoms with E-state index in [1.165, 1.54) is 25.1 Å². The second-order valence-corrected chi connectivity index (χ2v) is 5.01. The normalized spacial score (nSPS) is 13.3. The molecule has 0 atom stereocenters. The van der Waals surface area contributed by atoms with E-state index in [4.69, 9.17) is 13.9 Å². The second kappa shape index (κ2) is 6.00. The highest BCUT2D eigenvalue weighted by Gasteiger charge is 2.16. The van der Waals surface area contributed by atoms with Crippen molar-refractivity contribution in [2.24, 2.45) is 0 Å². The Balaban J connectivity index is 1.86. The molecule has 6 heteroatoms. The molecule has 1 aliphatic rings. The average Bonchev–Trinajstić information content (AvgIpc) is 2.51. The molecular formula is C17H14O6. The molecule has 2 heterocycles. The molecule has 118 valence electrons. The van der Waals surface area contributed by atoms with Gasteiger partial charge in [-0.3, -0.25) is 4.79 Å². The monoisotopic (exact) mass is 314 g/mol. The summed E-state index contributed by atoms with van der Waals surface area (Å²) in [6.45, 7) is 2.49. The van der Waals surface area contributed by atoms with E-state index < -0.39 is 17.2 Å². The minimum atomic E-state index is -0.862. The molecule has 0 aliphatic carbocycles. The van der Waals surface area contributed by atoms with Crippen molar-refractivity contribution in [2.75, 3.05) is 13.2 Å². The molecule has 3 rings (SSSR count). The predicted octanol–water partition coefficient (Wildman–Crippen LogP) is 2.32. The number of hydrogen-bond acceptors (Lipinski definition) is 6. The number of carbonyl (C=O) groups excluding carboxylic acids is 1. The summed E-state index contributed by atoms with van der Waals surface area (Å²) in [5.41, 5.74) is -0.540. The van der Waals surface area contributed by atoms with E-state index in [1.54, 1.807) is 18.2 Å². The predicted molar refractivity (Wildman–Crippen MR) is 82.2 cm³/mol. The van der Waals surface area contributed by atoms with Crippen molar-refractivity contribution in [2.45, 2.75) is 6.92 Å². The van der Waals surface area contributed by atoms with Crippen LogP contribution in [0.2, 0.25) is 0 Å². The van der Waals surface area contributed by atoms with Crippen LogP contribution in [0.5, 0.6) is 17.2 Å². The van der Waals surface area contributed by atoms with Crippen LogP contribution in [0.4, 0.5) is 0 Å². The lowest BCUT2D eigenvalue weighted by atomic mass is 10.1. The zero-order valence-corrected chi connectivity index (χ0v) is 12.4. The van der Waals surface area contributed by atoms with Crippen LogP contribution in [0.15, 0.2) is 39.6 Å². The van der Waals surface area contributed by atoms with Crippen LogP contribution in [-0.4, -0.2) is 24.1 Å². The summed E-state index contributed by atoms with van der Waals surface area (Å²) in [6.07, 6.45) is 2.73. The minimum Gasteiger partial charge on any atom is -0.507 e. The van der Waals surface area contributed by atoms with Crippen LogP contribution in [0.1, 0.15) is 21.7 Å². The number of carbonyl (C=O) groups is 1. The Morgan fingerprint density at radius 2 is 1.91 bits per heavy atom. The Morgan fingerprint density at radius 1 is 1.17 bits per heavy atom. The molecule has 1 N–H and O–H groups in total. The first-order valence-corrected chi connectivity index (χ1v) is 7.00. The maximum atomic E-state index is 12.1. The number of rotatable bonds is 3. The van der Waals surface area contributed by atoms with Crippen LogP contribution < -0.4 is 15.1 Å². The first-order chi connectivity index (χ1) is 11.0.